The molecule has 0 amide bonds. The lowest BCUT2D eigenvalue weighted by molar-refractivity contribution is -0.146. The molecule has 1 saturated heterocycles. The highest BCUT2D eigenvalue weighted by atomic mass is 32.1. The first-order chi connectivity index (χ1) is 8.65. The van der Waals surface area contributed by atoms with Gasteiger partial charge in [-0.3, -0.25) is 9.59 Å². The number of hydrogen-bond donors (Lipinski definition) is 1. The van der Waals surface area contributed by atoms with Crippen molar-refractivity contribution in [2.75, 3.05) is 18.0 Å². The Bertz CT molecular complexity index is 453. The lowest BCUT2D eigenvalue weighted by Crippen LogP contribution is -2.51. The average molecular weight is 265 g/mol. The summed E-state index contributed by atoms with van der Waals surface area (Å²) in [6, 6.07) is 4.07. The summed E-state index contributed by atoms with van der Waals surface area (Å²) in [5.41, 5.74) is 0. The maximum atomic E-state index is 12.1. The van der Waals surface area contributed by atoms with E-state index in [-0.39, 0.29) is 23.5 Å². The monoisotopic (exact) mass is 265 g/mol. The molecule has 2 fully saturated rings. The fourth-order valence-corrected chi connectivity index (χ4v) is 3.87. The third-order valence-electron chi connectivity index (χ3n) is 3.99. The summed E-state index contributed by atoms with van der Waals surface area (Å²) >= 11 is 1.67. The van der Waals surface area contributed by atoms with Crippen LogP contribution in [0.4, 0.5) is 5.00 Å². The van der Waals surface area contributed by atoms with Gasteiger partial charge in [-0.05, 0) is 30.4 Å². The zero-order valence-corrected chi connectivity index (χ0v) is 10.7. The van der Waals surface area contributed by atoms with Crippen LogP contribution >= 0.6 is 11.3 Å². The number of ketones is 1. The molecular formula is C13H15NO3S. The van der Waals surface area contributed by atoms with Crippen molar-refractivity contribution in [3.63, 3.8) is 0 Å². The first kappa shape index (κ1) is 11.7. The van der Waals surface area contributed by atoms with Gasteiger partial charge in [0.25, 0.3) is 0 Å². The average Bonchev–Trinajstić information content (AvgIpc) is 2.81. The van der Waals surface area contributed by atoms with E-state index in [2.05, 4.69) is 11.0 Å². The van der Waals surface area contributed by atoms with E-state index in [1.807, 2.05) is 11.4 Å². The van der Waals surface area contributed by atoms with Crippen molar-refractivity contribution in [2.24, 2.45) is 17.8 Å². The maximum Gasteiger partial charge on any atom is 0.306 e. The molecule has 96 valence electrons. The van der Waals surface area contributed by atoms with Crippen LogP contribution in [0.1, 0.15) is 12.8 Å². The standard InChI is InChI=1S/C13H15NO3S/c15-12-9-4-8(13(16)17)5-10(12)7-14(6-9)11-2-1-3-18-11/h1-3,8-10H,4-7H2,(H,16,17). The van der Waals surface area contributed by atoms with Crippen molar-refractivity contribution in [2.45, 2.75) is 12.8 Å². The quantitative estimate of drug-likeness (QED) is 0.887. The molecule has 1 aliphatic heterocycles. The van der Waals surface area contributed by atoms with Crippen LogP contribution in [0.2, 0.25) is 0 Å². The molecule has 4 nitrogen and oxygen atoms in total. The predicted molar refractivity (Wildman–Crippen MR) is 68.9 cm³/mol. The summed E-state index contributed by atoms with van der Waals surface area (Å²) in [6.45, 7) is 1.36. The summed E-state index contributed by atoms with van der Waals surface area (Å²) < 4.78 is 0. The molecule has 1 saturated carbocycles. The van der Waals surface area contributed by atoms with Crippen molar-refractivity contribution in [3.05, 3.63) is 17.5 Å². The normalized spacial score (nSPS) is 31.4. The van der Waals surface area contributed by atoms with E-state index in [0.29, 0.717) is 25.9 Å². The molecular weight excluding hydrogens is 250 g/mol. The van der Waals surface area contributed by atoms with E-state index in [1.54, 1.807) is 11.3 Å². The summed E-state index contributed by atoms with van der Waals surface area (Å²) in [5, 5.41) is 12.3. The minimum Gasteiger partial charge on any atom is -0.481 e. The number of anilines is 1. The molecule has 1 aliphatic carbocycles. The third kappa shape index (κ3) is 1.92. The second kappa shape index (κ2) is 4.39. The highest BCUT2D eigenvalue weighted by molar-refractivity contribution is 7.14. The summed E-state index contributed by atoms with van der Waals surface area (Å²) in [5.74, 6) is -0.994. The van der Waals surface area contributed by atoms with Crippen molar-refractivity contribution in [3.8, 4) is 0 Å². The van der Waals surface area contributed by atoms with Gasteiger partial charge in [-0.15, -0.1) is 11.3 Å². The van der Waals surface area contributed by atoms with Gasteiger partial charge in [0.05, 0.1) is 10.9 Å². The highest BCUT2D eigenvalue weighted by Crippen LogP contribution is 2.38. The number of Topliss-reactive ketones (excluding diaryl/α,β-unsaturated/α-hetero) is 1. The number of carboxylic acids is 1. The van der Waals surface area contributed by atoms with Crippen LogP contribution in [0.5, 0.6) is 0 Å². The van der Waals surface area contributed by atoms with E-state index >= 15 is 0 Å². The lowest BCUT2D eigenvalue weighted by Gasteiger charge is -2.42. The fraction of sp³-hybridized carbons (Fsp3) is 0.538. The number of carbonyl (C=O) groups excluding carboxylic acids is 1. The molecule has 2 atom stereocenters. The van der Waals surface area contributed by atoms with Gasteiger partial charge in [0.1, 0.15) is 5.78 Å². The summed E-state index contributed by atoms with van der Waals surface area (Å²) in [6.07, 6.45) is 1.01. The van der Waals surface area contributed by atoms with Crippen LogP contribution in [0.25, 0.3) is 0 Å². The van der Waals surface area contributed by atoms with E-state index in [4.69, 9.17) is 5.11 Å². The Kier molecular flexibility index (Phi) is 2.86. The molecule has 18 heavy (non-hydrogen) atoms. The molecule has 2 aliphatic rings. The van der Waals surface area contributed by atoms with Gasteiger partial charge >= 0.3 is 5.97 Å². The van der Waals surface area contributed by atoms with Crippen LogP contribution in [0.15, 0.2) is 17.5 Å². The van der Waals surface area contributed by atoms with E-state index in [9.17, 15) is 9.59 Å². The minimum atomic E-state index is -0.748. The van der Waals surface area contributed by atoms with Crippen LogP contribution in [-0.2, 0) is 9.59 Å². The Hall–Kier alpha value is -1.36. The Balaban J connectivity index is 1.79. The van der Waals surface area contributed by atoms with Crippen molar-refractivity contribution >= 4 is 28.1 Å². The van der Waals surface area contributed by atoms with Gasteiger partial charge in [0.15, 0.2) is 0 Å². The number of hydrogen-bond acceptors (Lipinski definition) is 4. The molecule has 0 aromatic carbocycles. The van der Waals surface area contributed by atoms with Gasteiger partial charge in [0, 0.05) is 24.9 Å². The number of carbonyl (C=O) groups is 2. The number of rotatable bonds is 2. The van der Waals surface area contributed by atoms with Gasteiger partial charge in [-0.25, -0.2) is 0 Å². The Morgan fingerprint density at radius 1 is 1.33 bits per heavy atom. The number of aliphatic carboxylic acids is 1. The first-order valence-electron chi connectivity index (χ1n) is 6.20. The lowest BCUT2D eigenvalue weighted by atomic mass is 9.71. The van der Waals surface area contributed by atoms with Crippen LogP contribution < -0.4 is 4.90 Å². The molecule has 2 heterocycles. The van der Waals surface area contributed by atoms with Crippen LogP contribution in [-0.4, -0.2) is 29.9 Å². The van der Waals surface area contributed by atoms with Gasteiger partial charge < -0.3 is 10.0 Å². The minimum absolute atomic E-state index is 0.0966. The number of nitrogens with zero attached hydrogens (tertiary/aromatic N) is 1. The second-order valence-corrected chi connectivity index (χ2v) is 6.09. The molecule has 2 unspecified atom stereocenters. The van der Waals surface area contributed by atoms with Gasteiger partial charge in [-0.2, -0.15) is 0 Å². The zero-order valence-electron chi connectivity index (χ0n) is 9.91. The topological polar surface area (TPSA) is 57.6 Å². The molecule has 5 heteroatoms. The SMILES string of the molecule is O=C(O)C1CC2CN(c3cccs3)CC(C1)C2=O. The number of thiophene rings is 1. The predicted octanol–water partition coefficient (Wildman–Crippen LogP) is 1.86. The molecule has 0 spiro atoms. The molecule has 1 aromatic heterocycles. The van der Waals surface area contributed by atoms with E-state index in [0.717, 1.165) is 0 Å². The number of piperidine rings is 1. The van der Waals surface area contributed by atoms with Crippen LogP contribution in [0.3, 0.4) is 0 Å². The van der Waals surface area contributed by atoms with Crippen molar-refractivity contribution in [1.82, 2.24) is 0 Å². The maximum absolute atomic E-state index is 12.1. The van der Waals surface area contributed by atoms with Crippen LogP contribution in [0, 0.1) is 17.8 Å². The first-order valence-corrected chi connectivity index (χ1v) is 7.08. The Morgan fingerprint density at radius 3 is 2.50 bits per heavy atom. The molecule has 1 aromatic rings. The number of fused-ring (bicyclic) bond motifs is 2. The van der Waals surface area contributed by atoms with Crippen molar-refractivity contribution < 1.29 is 14.7 Å². The molecule has 0 radical (unpaired) electrons. The largest absolute Gasteiger partial charge is 0.481 e. The molecule has 3 rings (SSSR count). The second-order valence-electron chi connectivity index (χ2n) is 5.16. The zero-order chi connectivity index (χ0) is 12.7. The van der Waals surface area contributed by atoms with E-state index in [1.165, 1.54) is 5.00 Å². The Labute approximate surface area is 109 Å². The summed E-state index contributed by atoms with van der Waals surface area (Å²) in [7, 11) is 0. The van der Waals surface area contributed by atoms with E-state index < -0.39 is 5.97 Å². The summed E-state index contributed by atoms with van der Waals surface area (Å²) in [4.78, 5) is 25.4. The van der Waals surface area contributed by atoms with Gasteiger partial charge in [-0.1, -0.05) is 0 Å². The smallest absolute Gasteiger partial charge is 0.306 e. The highest BCUT2D eigenvalue weighted by Gasteiger charge is 2.44. The fourth-order valence-electron chi connectivity index (χ4n) is 3.12. The molecule has 1 N–H and O–H groups in total. The third-order valence-corrected chi connectivity index (χ3v) is 4.92. The Morgan fingerprint density at radius 2 is 2.00 bits per heavy atom. The molecule has 2 bridgehead atoms. The van der Waals surface area contributed by atoms with Gasteiger partial charge in [0.2, 0.25) is 0 Å². The van der Waals surface area contributed by atoms with Crippen molar-refractivity contribution in [1.29, 1.82) is 0 Å². The number of carboxylic acid groups (broad SMARTS) is 1.